The molecule has 0 atom stereocenters. The minimum absolute atomic E-state index is 0.164. The van der Waals surface area contributed by atoms with Crippen molar-refractivity contribution in [3.05, 3.63) is 35.2 Å². The molecule has 1 aromatic heterocycles. The van der Waals surface area contributed by atoms with E-state index < -0.39 is 0 Å². The Balaban J connectivity index is 1.88. The molecule has 0 aliphatic rings. The zero-order valence-corrected chi connectivity index (χ0v) is 14.6. The van der Waals surface area contributed by atoms with E-state index in [2.05, 4.69) is 34.1 Å². The average molecular weight is 350 g/mol. The van der Waals surface area contributed by atoms with Crippen LogP contribution in [0.3, 0.4) is 0 Å². The molecule has 122 valence electrons. The van der Waals surface area contributed by atoms with Crippen LogP contribution < -0.4 is 5.32 Å². The number of nitrogens with one attached hydrogen (secondary N) is 1. The van der Waals surface area contributed by atoms with Gasteiger partial charge in [0.25, 0.3) is 0 Å². The van der Waals surface area contributed by atoms with Crippen molar-refractivity contribution in [1.82, 2.24) is 4.98 Å². The van der Waals surface area contributed by atoms with Gasteiger partial charge in [-0.15, -0.1) is 23.1 Å². The van der Waals surface area contributed by atoms with Gasteiger partial charge >= 0.3 is 5.97 Å². The number of thiazole rings is 1. The maximum absolute atomic E-state index is 11.8. The fraction of sp³-hybridized carbons (Fsp3) is 0.312. The van der Waals surface area contributed by atoms with Crippen molar-refractivity contribution in [3.8, 4) is 11.3 Å². The highest BCUT2D eigenvalue weighted by Crippen LogP contribution is 2.25. The predicted molar refractivity (Wildman–Crippen MR) is 94.9 cm³/mol. The lowest BCUT2D eigenvalue weighted by Crippen LogP contribution is -2.15. The third-order valence-corrected chi connectivity index (χ3v) is 4.75. The molecule has 0 saturated heterocycles. The summed E-state index contributed by atoms with van der Waals surface area (Å²) < 4.78 is 4.52. The molecular weight excluding hydrogens is 332 g/mol. The molecule has 0 fully saturated rings. The number of esters is 1. The Kier molecular flexibility index (Phi) is 6.61. The Labute approximate surface area is 143 Å². The summed E-state index contributed by atoms with van der Waals surface area (Å²) >= 11 is 2.59. The average Bonchev–Trinajstić information content (AvgIpc) is 3.03. The lowest BCUT2D eigenvalue weighted by Gasteiger charge is -2.01. The number of carbonyl (C=O) groups excluding carboxylic acids is 2. The molecular formula is C16H18N2O3S2. The van der Waals surface area contributed by atoms with Crippen molar-refractivity contribution in [1.29, 1.82) is 0 Å². The number of amides is 1. The number of rotatable bonds is 7. The molecule has 2 rings (SSSR count). The van der Waals surface area contributed by atoms with Crippen LogP contribution in [-0.2, 0) is 20.7 Å². The van der Waals surface area contributed by atoms with Crippen molar-refractivity contribution in [2.24, 2.45) is 0 Å². The normalized spacial score (nSPS) is 10.3. The van der Waals surface area contributed by atoms with Gasteiger partial charge in [0.1, 0.15) is 0 Å². The first kappa shape index (κ1) is 17.5. The van der Waals surface area contributed by atoms with Crippen molar-refractivity contribution in [2.45, 2.75) is 13.3 Å². The minimum Gasteiger partial charge on any atom is -0.468 e. The molecule has 0 aliphatic heterocycles. The summed E-state index contributed by atoms with van der Waals surface area (Å²) in [5, 5.41) is 5.22. The molecule has 2 aromatic rings. The van der Waals surface area contributed by atoms with Crippen molar-refractivity contribution in [3.63, 3.8) is 0 Å². The molecule has 0 bridgehead atoms. The number of anilines is 1. The first-order valence-corrected chi connectivity index (χ1v) is 9.15. The Hall–Kier alpha value is -1.86. The predicted octanol–water partition coefficient (Wildman–Crippen LogP) is 3.22. The van der Waals surface area contributed by atoms with Gasteiger partial charge in [-0.3, -0.25) is 9.59 Å². The second-order valence-electron chi connectivity index (χ2n) is 4.71. The molecule has 0 radical (unpaired) electrons. The number of nitrogens with zero attached hydrogens (tertiary/aromatic N) is 1. The number of benzene rings is 1. The number of ether oxygens (including phenoxy) is 1. The van der Waals surface area contributed by atoms with E-state index in [1.54, 1.807) is 0 Å². The molecule has 1 N–H and O–H groups in total. The second-order valence-corrected chi connectivity index (χ2v) is 6.55. The van der Waals surface area contributed by atoms with E-state index in [4.69, 9.17) is 0 Å². The van der Waals surface area contributed by atoms with Crippen molar-refractivity contribution in [2.75, 3.05) is 23.9 Å². The number of carbonyl (C=O) groups is 2. The number of hydrogen-bond donors (Lipinski definition) is 1. The van der Waals surface area contributed by atoms with E-state index in [0.717, 1.165) is 17.7 Å². The summed E-state index contributed by atoms with van der Waals surface area (Å²) in [4.78, 5) is 27.2. The van der Waals surface area contributed by atoms with Gasteiger partial charge in [0.15, 0.2) is 5.13 Å². The third-order valence-electron chi connectivity index (χ3n) is 3.09. The van der Waals surface area contributed by atoms with Gasteiger partial charge in [-0.25, -0.2) is 4.98 Å². The zero-order chi connectivity index (χ0) is 16.7. The fourth-order valence-electron chi connectivity index (χ4n) is 1.82. The maximum Gasteiger partial charge on any atom is 0.315 e. The van der Waals surface area contributed by atoms with E-state index in [1.165, 1.54) is 35.8 Å². The highest BCUT2D eigenvalue weighted by molar-refractivity contribution is 8.00. The van der Waals surface area contributed by atoms with Crippen LogP contribution in [-0.4, -0.2) is 35.5 Å². The van der Waals surface area contributed by atoms with Crippen LogP contribution in [0.1, 0.15) is 12.5 Å². The molecule has 7 heteroatoms. The van der Waals surface area contributed by atoms with E-state index in [1.807, 2.05) is 17.5 Å². The number of methoxy groups -OCH3 is 1. The highest BCUT2D eigenvalue weighted by Gasteiger charge is 2.09. The molecule has 0 spiro atoms. The van der Waals surface area contributed by atoms with Crippen LogP contribution in [0.25, 0.3) is 11.3 Å². The van der Waals surface area contributed by atoms with Crippen molar-refractivity contribution >= 4 is 40.1 Å². The van der Waals surface area contributed by atoms with Crippen molar-refractivity contribution < 1.29 is 14.3 Å². The van der Waals surface area contributed by atoms with E-state index >= 15 is 0 Å². The van der Waals surface area contributed by atoms with Gasteiger partial charge < -0.3 is 10.1 Å². The van der Waals surface area contributed by atoms with Crippen LogP contribution in [0.5, 0.6) is 0 Å². The quantitative estimate of drug-likeness (QED) is 0.777. The largest absolute Gasteiger partial charge is 0.468 e. The fourth-order valence-corrected chi connectivity index (χ4v) is 3.20. The van der Waals surface area contributed by atoms with Gasteiger partial charge in [-0.1, -0.05) is 31.2 Å². The van der Waals surface area contributed by atoms with Gasteiger partial charge in [-0.2, -0.15) is 0 Å². The van der Waals surface area contributed by atoms with E-state index in [-0.39, 0.29) is 23.4 Å². The summed E-state index contributed by atoms with van der Waals surface area (Å²) in [7, 11) is 1.33. The maximum atomic E-state index is 11.8. The molecule has 0 saturated carbocycles. The van der Waals surface area contributed by atoms with E-state index in [9.17, 15) is 9.59 Å². The molecule has 1 aromatic carbocycles. The Bertz CT molecular complexity index is 668. The van der Waals surface area contributed by atoms with Crippen LogP contribution >= 0.6 is 23.1 Å². The Morgan fingerprint density at radius 3 is 2.65 bits per heavy atom. The molecule has 1 amide bonds. The van der Waals surface area contributed by atoms with Crippen LogP contribution in [0.4, 0.5) is 5.13 Å². The van der Waals surface area contributed by atoms with Crippen LogP contribution in [0, 0.1) is 0 Å². The lowest BCUT2D eigenvalue weighted by atomic mass is 10.1. The monoisotopic (exact) mass is 350 g/mol. The number of thioether (sulfide) groups is 1. The SMILES string of the molecule is CCc1ccc(-c2csc(NC(=O)CSCC(=O)OC)n2)cc1. The van der Waals surface area contributed by atoms with Gasteiger partial charge in [0.05, 0.1) is 24.3 Å². The van der Waals surface area contributed by atoms with Crippen LogP contribution in [0.15, 0.2) is 29.6 Å². The first-order valence-electron chi connectivity index (χ1n) is 7.11. The summed E-state index contributed by atoms with van der Waals surface area (Å²) in [6.07, 6.45) is 1.00. The van der Waals surface area contributed by atoms with Gasteiger partial charge in [-0.05, 0) is 12.0 Å². The topological polar surface area (TPSA) is 68.3 Å². The number of hydrogen-bond acceptors (Lipinski definition) is 6. The lowest BCUT2D eigenvalue weighted by molar-refractivity contribution is -0.137. The highest BCUT2D eigenvalue weighted by atomic mass is 32.2. The van der Waals surface area contributed by atoms with E-state index in [0.29, 0.717) is 5.13 Å². The smallest absolute Gasteiger partial charge is 0.315 e. The van der Waals surface area contributed by atoms with Crippen LogP contribution in [0.2, 0.25) is 0 Å². The second kappa shape index (κ2) is 8.69. The molecule has 5 nitrogen and oxygen atoms in total. The summed E-state index contributed by atoms with van der Waals surface area (Å²) in [5.74, 6) is -0.164. The number of aryl methyl sites for hydroxylation is 1. The van der Waals surface area contributed by atoms with Gasteiger partial charge in [0, 0.05) is 10.9 Å². The standard InChI is InChI=1S/C16H18N2O3S2/c1-3-11-4-6-12(7-5-11)13-8-23-16(17-13)18-14(19)9-22-10-15(20)21-2/h4-8H,3,9-10H2,1-2H3,(H,17,18,19). The summed E-state index contributed by atoms with van der Waals surface area (Å²) in [6, 6.07) is 8.23. The minimum atomic E-state index is -0.338. The molecule has 0 aliphatic carbocycles. The zero-order valence-electron chi connectivity index (χ0n) is 13.0. The number of aromatic nitrogens is 1. The summed E-state index contributed by atoms with van der Waals surface area (Å²) in [5.41, 5.74) is 3.15. The molecule has 1 heterocycles. The first-order chi connectivity index (χ1) is 11.1. The van der Waals surface area contributed by atoms with Gasteiger partial charge in [0.2, 0.25) is 5.91 Å². The third kappa shape index (κ3) is 5.37. The molecule has 23 heavy (non-hydrogen) atoms. The Morgan fingerprint density at radius 2 is 2.00 bits per heavy atom. The summed E-state index contributed by atoms with van der Waals surface area (Å²) in [6.45, 7) is 2.11. The molecule has 0 unspecified atom stereocenters. The Morgan fingerprint density at radius 1 is 1.26 bits per heavy atom.